The van der Waals surface area contributed by atoms with Crippen molar-refractivity contribution in [1.82, 2.24) is 14.8 Å². The van der Waals surface area contributed by atoms with E-state index in [0.29, 0.717) is 6.20 Å². The fourth-order valence-corrected chi connectivity index (χ4v) is 1.32. The van der Waals surface area contributed by atoms with Gasteiger partial charge in [-0.25, -0.2) is 4.68 Å². The Kier molecular flexibility index (Phi) is 2.73. The first-order valence-corrected chi connectivity index (χ1v) is 4.61. The second-order valence-electron chi connectivity index (χ2n) is 3.27. The van der Waals surface area contributed by atoms with Crippen molar-refractivity contribution in [3.63, 3.8) is 0 Å². The summed E-state index contributed by atoms with van der Waals surface area (Å²) in [4.78, 5) is 13.1. The van der Waals surface area contributed by atoms with Gasteiger partial charge in [0.1, 0.15) is 6.20 Å². The molecule has 2 aromatic rings. The maximum atomic E-state index is 12.5. The minimum absolute atomic E-state index is 0.205. The zero-order valence-electron chi connectivity index (χ0n) is 8.63. The van der Waals surface area contributed by atoms with Crippen molar-refractivity contribution in [1.29, 1.82) is 0 Å². The molecule has 0 saturated heterocycles. The van der Waals surface area contributed by atoms with E-state index in [2.05, 4.69) is 10.1 Å². The van der Waals surface area contributed by atoms with Crippen LogP contribution in [0, 0.1) is 10.1 Å². The Hall–Kier alpha value is -2.45. The molecule has 18 heavy (non-hydrogen) atoms. The standard InChI is InChI=1S/C9H5F3N4O2/c10-9(11,12)8-7(16(17)18)5-15(14-8)6-2-1-3-13-4-6/h1-5H. The number of halogens is 3. The molecule has 0 bridgehead atoms. The Morgan fingerprint density at radius 2 is 2.11 bits per heavy atom. The van der Waals surface area contributed by atoms with Gasteiger partial charge in [-0.3, -0.25) is 15.1 Å². The first-order valence-electron chi connectivity index (χ1n) is 4.61. The Morgan fingerprint density at radius 3 is 2.56 bits per heavy atom. The first kappa shape index (κ1) is 12.0. The van der Waals surface area contributed by atoms with Gasteiger partial charge < -0.3 is 0 Å². The molecule has 2 rings (SSSR count). The number of aromatic nitrogens is 3. The van der Waals surface area contributed by atoms with Gasteiger partial charge in [-0.1, -0.05) is 0 Å². The molecule has 0 aliphatic rings. The molecule has 0 aliphatic heterocycles. The molecule has 0 spiro atoms. The highest BCUT2D eigenvalue weighted by atomic mass is 19.4. The molecule has 0 amide bonds. The van der Waals surface area contributed by atoms with Gasteiger partial charge in [0.2, 0.25) is 5.69 Å². The van der Waals surface area contributed by atoms with Crippen LogP contribution in [-0.2, 0) is 6.18 Å². The molecule has 0 aliphatic carbocycles. The summed E-state index contributed by atoms with van der Waals surface area (Å²) in [7, 11) is 0. The Bertz CT molecular complexity index is 579. The second-order valence-corrected chi connectivity index (χ2v) is 3.27. The average Bonchev–Trinajstić information content (AvgIpc) is 2.74. The van der Waals surface area contributed by atoms with E-state index in [9.17, 15) is 23.3 Å². The summed E-state index contributed by atoms with van der Waals surface area (Å²) in [5, 5.41) is 13.7. The average molecular weight is 258 g/mol. The van der Waals surface area contributed by atoms with E-state index in [1.165, 1.54) is 24.5 Å². The van der Waals surface area contributed by atoms with Gasteiger partial charge in [0.25, 0.3) is 0 Å². The number of hydrogen-bond donors (Lipinski definition) is 0. The molecule has 2 heterocycles. The fraction of sp³-hybridized carbons (Fsp3) is 0.111. The van der Waals surface area contributed by atoms with E-state index in [4.69, 9.17) is 0 Å². The number of rotatable bonds is 2. The van der Waals surface area contributed by atoms with Crippen LogP contribution < -0.4 is 0 Å². The van der Waals surface area contributed by atoms with Gasteiger partial charge in [0, 0.05) is 6.20 Å². The third-order valence-electron chi connectivity index (χ3n) is 2.07. The summed E-state index contributed by atoms with van der Waals surface area (Å²) in [5.41, 5.74) is -2.42. The molecular formula is C9H5F3N4O2. The van der Waals surface area contributed by atoms with E-state index in [1.807, 2.05) is 0 Å². The van der Waals surface area contributed by atoms with Crippen LogP contribution >= 0.6 is 0 Å². The molecule has 0 aromatic carbocycles. The summed E-state index contributed by atoms with van der Waals surface area (Å²) < 4.78 is 38.4. The lowest BCUT2D eigenvalue weighted by atomic mass is 10.4. The topological polar surface area (TPSA) is 73.8 Å². The minimum atomic E-state index is -4.88. The summed E-state index contributed by atoms with van der Waals surface area (Å²) in [6.07, 6.45) is -1.50. The highest BCUT2D eigenvalue weighted by Gasteiger charge is 2.42. The van der Waals surface area contributed by atoms with Gasteiger partial charge in [0.15, 0.2) is 0 Å². The summed E-state index contributed by atoms with van der Waals surface area (Å²) in [6.45, 7) is 0. The molecule has 0 fully saturated rings. The maximum Gasteiger partial charge on any atom is 0.442 e. The Labute approximate surface area is 97.8 Å². The van der Waals surface area contributed by atoms with Crippen LogP contribution in [0.2, 0.25) is 0 Å². The third-order valence-corrected chi connectivity index (χ3v) is 2.07. The van der Waals surface area contributed by atoms with Crippen molar-refractivity contribution >= 4 is 5.69 Å². The zero-order chi connectivity index (χ0) is 13.3. The van der Waals surface area contributed by atoms with Crippen LogP contribution in [0.15, 0.2) is 30.7 Å². The molecule has 0 atom stereocenters. The monoisotopic (exact) mass is 258 g/mol. The van der Waals surface area contributed by atoms with Gasteiger partial charge >= 0.3 is 11.9 Å². The highest BCUT2D eigenvalue weighted by molar-refractivity contribution is 5.39. The van der Waals surface area contributed by atoms with E-state index >= 15 is 0 Å². The number of hydrogen-bond acceptors (Lipinski definition) is 4. The lowest BCUT2D eigenvalue weighted by Crippen LogP contribution is -2.09. The van der Waals surface area contributed by atoms with Crippen molar-refractivity contribution in [3.05, 3.63) is 46.5 Å². The summed E-state index contributed by atoms with van der Waals surface area (Å²) >= 11 is 0. The van der Waals surface area contributed by atoms with Crippen molar-refractivity contribution < 1.29 is 18.1 Å². The molecule has 6 nitrogen and oxygen atoms in total. The number of pyridine rings is 1. The predicted molar refractivity (Wildman–Crippen MR) is 53.0 cm³/mol. The second kappa shape index (κ2) is 4.09. The smallest absolute Gasteiger partial charge is 0.262 e. The first-order chi connectivity index (χ1) is 8.39. The fourth-order valence-electron chi connectivity index (χ4n) is 1.32. The van der Waals surface area contributed by atoms with Crippen LogP contribution in [0.4, 0.5) is 18.9 Å². The third kappa shape index (κ3) is 2.14. The van der Waals surface area contributed by atoms with Gasteiger partial charge in [-0.2, -0.15) is 18.3 Å². The molecule has 94 valence electrons. The number of nitrogens with zero attached hydrogens (tertiary/aromatic N) is 4. The van der Waals surface area contributed by atoms with Gasteiger partial charge in [0.05, 0.1) is 16.8 Å². The Morgan fingerprint density at radius 1 is 1.39 bits per heavy atom. The maximum absolute atomic E-state index is 12.5. The molecule has 0 unspecified atom stereocenters. The molecule has 0 saturated carbocycles. The Balaban J connectivity index is 2.57. The van der Waals surface area contributed by atoms with Crippen LogP contribution in [0.3, 0.4) is 0 Å². The number of alkyl halides is 3. The van der Waals surface area contributed by atoms with Gasteiger partial charge in [-0.15, -0.1) is 0 Å². The zero-order valence-corrected chi connectivity index (χ0v) is 8.63. The quantitative estimate of drug-likeness (QED) is 0.611. The van der Waals surface area contributed by atoms with Crippen molar-refractivity contribution in [2.75, 3.05) is 0 Å². The lowest BCUT2D eigenvalue weighted by molar-refractivity contribution is -0.388. The minimum Gasteiger partial charge on any atom is -0.262 e. The lowest BCUT2D eigenvalue weighted by Gasteiger charge is -2.01. The molecular weight excluding hydrogens is 253 g/mol. The molecule has 0 radical (unpaired) electrons. The van der Waals surface area contributed by atoms with Crippen LogP contribution in [0.1, 0.15) is 5.69 Å². The molecule has 2 aromatic heterocycles. The van der Waals surface area contributed by atoms with E-state index in [0.717, 1.165) is 4.68 Å². The molecule has 9 heteroatoms. The van der Waals surface area contributed by atoms with Gasteiger partial charge in [-0.05, 0) is 12.1 Å². The SMILES string of the molecule is O=[N+]([O-])c1cn(-c2cccnc2)nc1C(F)(F)F. The van der Waals surface area contributed by atoms with Crippen molar-refractivity contribution in [3.8, 4) is 5.69 Å². The highest BCUT2D eigenvalue weighted by Crippen LogP contribution is 2.35. The van der Waals surface area contributed by atoms with Crippen LogP contribution in [0.5, 0.6) is 0 Å². The van der Waals surface area contributed by atoms with Crippen molar-refractivity contribution in [2.24, 2.45) is 0 Å². The predicted octanol–water partition coefficient (Wildman–Crippen LogP) is 2.19. The summed E-state index contributed by atoms with van der Waals surface area (Å²) in [5.74, 6) is 0. The van der Waals surface area contributed by atoms with Crippen LogP contribution in [-0.4, -0.2) is 19.7 Å². The van der Waals surface area contributed by atoms with Crippen molar-refractivity contribution in [2.45, 2.75) is 6.18 Å². The number of nitro groups is 1. The normalized spacial score (nSPS) is 11.5. The van der Waals surface area contributed by atoms with E-state index in [1.54, 1.807) is 0 Å². The van der Waals surface area contributed by atoms with E-state index in [-0.39, 0.29) is 5.69 Å². The molecule has 0 N–H and O–H groups in total. The van der Waals surface area contributed by atoms with E-state index < -0.39 is 22.5 Å². The summed E-state index contributed by atoms with van der Waals surface area (Å²) in [6, 6.07) is 2.92. The van der Waals surface area contributed by atoms with Crippen LogP contribution in [0.25, 0.3) is 5.69 Å². The largest absolute Gasteiger partial charge is 0.442 e.